The molecule has 0 aromatic heterocycles. The van der Waals surface area contributed by atoms with Gasteiger partial charge in [-0.3, -0.25) is 4.79 Å². The van der Waals surface area contributed by atoms with E-state index in [1.54, 1.807) is 0 Å². The van der Waals surface area contributed by atoms with E-state index in [4.69, 9.17) is 9.47 Å². The van der Waals surface area contributed by atoms with Crippen molar-refractivity contribution in [2.75, 3.05) is 13.7 Å². The van der Waals surface area contributed by atoms with Crippen molar-refractivity contribution in [2.24, 2.45) is 34.5 Å². The van der Waals surface area contributed by atoms with Crippen molar-refractivity contribution < 1.29 is 54.4 Å². The van der Waals surface area contributed by atoms with Crippen molar-refractivity contribution in [3.63, 3.8) is 0 Å². The third kappa shape index (κ3) is 4.31. The van der Waals surface area contributed by atoms with Gasteiger partial charge in [-0.1, -0.05) is 13.8 Å². The molecule has 222 valence electrons. The van der Waals surface area contributed by atoms with Gasteiger partial charge in [0.05, 0.1) is 25.4 Å². The molecule has 1 saturated heterocycles. The number of Topliss-reactive ketones (excluding diaryl/α,β-unsaturated/α-hetero) is 1. The third-order valence-corrected chi connectivity index (χ3v) is 11.6. The van der Waals surface area contributed by atoms with E-state index >= 15 is 0 Å². The number of carbonyl (C=O) groups is 2. The number of hydrogen-bond acceptors (Lipinski definition) is 11. The van der Waals surface area contributed by atoms with Crippen molar-refractivity contribution in [1.82, 2.24) is 0 Å². The first-order valence-corrected chi connectivity index (χ1v) is 14.3. The lowest BCUT2D eigenvalue weighted by Gasteiger charge is -2.61. The van der Waals surface area contributed by atoms with Crippen LogP contribution in [0.4, 0.5) is 0 Å². The van der Waals surface area contributed by atoms with Crippen LogP contribution in [0.5, 0.6) is 0 Å². The smallest absolute Gasteiger partial charge is 0.337 e. The van der Waals surface area contributed by atoms with E-state index in [9.17, 15) is 40.2 Å². The fraction of sp³-hybridized carbons (Fsp3) is 0.929. The van der Waals surface area contributed by atoms with E-state index in [0.717, 1.165) is 20.0 Å². The summed E-state index contributed by atoms with van der Waals surface area (Å²) < 4.78 is 16.3. The zero-order valence-electron chi connectivity index (χ0n) is 22.9. The van der Waals surface area contributed by atoms with Gasteiger partial charge in [-0.2, -0.15) is 0 Å². The lowest BCUT2D eigenvalue weighted by atomic mass is 9.44. The third-order valence-electron chi connectivity index (χ3n) is 11.6. The van der Waals surface area contributed by atoms with E-state index < -0.39 is 60.4 Å². The van der Waals surface area contributed by atoms with Crippen LogP contribution in [0.25, 0.3) is 0 Å². The van der Waals surface area contributed by atoms with Gasteiger partial charge in [-0.05, 0) is 68.1 Å². The van der Waals surface area contributed by atoms with E-state index in [-0.39, 0.29) is 47.4 Å². The average molecular weight is 557 g/mol. The van der Waals surface area contributed by atoms with Crippen LogP contribution in [0.1, 0.15) is 65.2 Å². The van der Waals surface area contributed by atoms with Gasteiger partial charge in [0.1, 0.15) is 30.2 Å². The van der Waals surface area contributed by atoms with E-state index in [1.807, 2.05) is 6.92 Å². The Morgan fingerprint density at radius 1 is 1.08 bits per heavy atom. The number of methoxy groups -OCH3 is 1. The molecule has 39 heavy (non-hydrogen) atoms. The monoisotopic (exact) mass is 556 g/mol. The molecule has 0 aromatic rings. The lowest BCUT2D eigenvalue weighted by molar-refractivity contribution is -0.309. The topological polar surface area (TPSA) is 183 Å². The van der Waals surface area contributed by atoms with Crippen LogP contribution < -0.4 is 0 Å². The highest BCUT2D eigenvalue weighted by atomic mass is 16.7. The van der Waals surface area contributed by atoms with Crippen molar-refractivity contribution in [2.45, 2.75) is 114 Å². The highest BCUT2D eigenvalue weighted by Crippen LogP contribution is 2.67. The largest absolute Gasteiger partial charge is 0.467 e. The van der Waals surface area contributed by atoms with Crippen LogP contribution in [-0.2, 0) is 23.8 Å². The van der Waals surface area contributed by atoms with Gasteiger partial charge in [-0.25, -0.2) is 4.79 Å². The molecule has 0 unspecified atom stereocenters. The maximum absolute atomic E-state index is 13.8. The minimum atomic E-state index is -1.65. The predicted molar refractivity (Wildman–Crippen MR) is 134 cm³/mol. The number of hydrogen-bond donors (Lipinski definition) is 6. The summed E-state index contributed by atoms with van der Waals surface area (Å²) in [7, 11) is 1.14. The molecule has 1 aliphatic heterocycles. The summed E-state index contributed by atoms with van der Waals surface area (Å²) in [5.74, 6) is -0.588. The molecule has 0 radical (unpaired) electrons. The summed E-state index contributed by atoms with van der Waals surface area (Å²) in [6.07, 6.45) is -4.42. The maximum Gasteiger partial charge on any atom is 0.337 e. The van der Waals surface area contributed by atoms with Gasteiger partial charge in [0.25, 0.3) is 0 Å². The fourth-order valence-electron chi connectivity index (χ4n) is 9.35. The minimum absolute atomic E-state index is 0.0760. The number of aliphatic hydroxyl groups excluding tert-OH is 5. The van der Waals surface area contributed by atoms with Gasteiger partial charge in [0.2, 0.25) is 0 Å². The van der Waals surface area contributed by atoms with Gasteiger partial charge < -0.3 is 44.8 Å². The lowest BCUT2D eigenvalue weighted by Crippen LogP contribution is -2.63. The Labute approximate surface area is 228 Å². The number of fused-ring (bicyclic) bond motifs is 5. The van der Waals surface area contributed by atoms with E-state index in [0.29, 0.717) is 32.1 Å². The van der Waals surface area contributed by atoms with Crippen molar-refractivity contribution in [3.8, 4) is 0 Å². The average Bonchev–Trinajstić information content (AvgIpc) is 3.18. The number of rotatable bonds is 5. The molecule has 5 aliphatic rings. The fourth-order valence-corrected chi connectivity index (χ4v) is 9.35. The predicted octanol–water partition coefficient (Wildman–Crippen LogP) is -0.342. The summed E-state index contributed by atoms with van der Waals surface area (Å²) in [5, 5.41) is 62.5. The summed E-state index contributed by atoms with van der Waals surface area (Å²) in [4.78, 5) is 25.9. The maximum atomic E-state index is 13.8. The van der Waals surface area contributed by atoms with Crippen LogP contribution in [0.2, 0.25) is 0 Å². The Balaban J connectivity index is 1.30. The number of carbonyl (C=O) groups excluding carboxylic acids is 2. The molecule has 0 aromatic carbocycles. The van der Waals surface area contributed by atoms with Crippen LogP contribution in [0, 0.1) is 34.5 Å². The van der Waals surface area contributed by atoms with Crippen LogP contribution in [-0.4, -0.2) is 105 Å². The molecule has 5 rings (SSSR count). The number of ketones is 1. The molecule has 4 saturated carbocycles. The molecular weight excluding hydrogens is 512 g/mol. The van der Waals surface area contributed by atoms with Crippen LogP contribution in [0.15, 0.2) is 0 Å². The molecule has 0 bridgehead atoms. The molecule has 11 heteroatoms. The Kier molecular flexibility index (Phi) is 7.72. The van der Waals surface area contributed by atoms with Crippen molar-refractivity contribution >= 4 is 11.8 Å². The second kappa shape index (κ2) is 10.3. The molecule has 0 amide bonds. The van der Waals surface area contributed by atoms with Crippen molar-refractivity contribution in [3.05, 3.63) is 0 Å². The number of aliphatic hydroxyl groups is 6. The first-order chi connectivity index (χ1) is 18.3. The highest BCUT2D eigenvalue weighted by molar-refractivity contribution is 5.84. The second-order valence-corrected chi connectivity index (χ2v) is 13.2. The quantitative estimate of drug-likeness (QED) is 0.192. The second-order valence-electron chi connectivity index (χ2n) is 13.2. The van der Waals surface area contributed by atoms with Gasteiger partial charge >= 0.3 is 5.97 Å². The van der Waals surface area contributed by atoms with E-state index in [1.165, 1.54) is 0 Å². The summed E-state index contributed by atoms with van der Waals surface area (Å²) in [5.41, 5.74) is -2.54. The first-order valence-electron chi connectivity index (χ1n) is 14.3. The summed E-state index contributed by atoms with van der Waals surface area (Å²) in [6.45, 7) is 3.53. The zero-order valence-corrected chi connectivity index (χ0v) is 22.9. The molecule has 1 heterocycles. The molecule has 4 aliphatic carbocycles. The van der Waals surface area contributed by atoms with Crippen LogP contribution >= 0.6 is 0 Å². The van der Waals surface area contributed by atoms with Gasteiger partial charge in [0.15, 0.2) is 12.4 Å². The molecule has 5 fully saturated rings. The van der Waals surface area contributed by atoms with E-state index in [2.05, 4.69) is 11.7 Å². The summed E-state index contributed by atoms with van der Waals surface area (Å²) >= 11 is 0. The standard InChI is InChI=1S/C28H44O11/c1-26-8-6-14(38-25-22(34)20(32)21(33)23(39-25)24(35)37-3)10-13(26)4-5-15-16-7-9-28(36,18(31)12-29)27(16,2)11-17(30)19(15)26/h13-16,18-23,25,29,31-34,36H,4-12H2,1-3H3/t13-,14+,15-,16-,18+,19+,20+,21-,22+,23-,25+,26-,27-,28-/m0/s1. The number of esters is 1. The van der Waals surface area contributed by atoms with Crippen molar-refractivity contribution in [1.29, 1.82) is 0 Å². The number of ether oxygens (including phenoxy) is 3. The Hall–Kier alpha value is -1.18. The molecule has 14 atom stereocenters. The Morgan fingerprint density at radius 3 is 2.46 bits per heavy atom. The van der Waals surface area contributed by atoms with Crippen LogP contribution in [0.3, 0.4) is 0 Å². The summed E-state index contributed by atoms with van der Waals surface area (Å²) in [6, 6.07) is 0. The van der Waals surface area contributed by atoms with Gasteiger partial charge in [0, 0.05) is 17.8 Å². The molecule has 6 N–H and O–H groups in total. The normalized spacial score (nSPS) is 52.4. The first kappa shape index (κ1) is 29.3. The zero-order chi connectivity index (χ0) is 28.5. The molecule has 11 nitrogen and oxygen atoms in total. The van der Waals surface area contributed by atoms with Gasteiger partial charge in [-0.15, -0.1) is 0 Å². The highest BCUT2D eigenvalue weighted by Gasteiger charge is 2.68. The SMILES string of the molecule is COC(=O)[C@H]1O[C@@H](O[C@@H]2CC[C@@]3(C)[C@@H](CC[C@@H]4[C@@H]3C(=O)C[C@@]3(C)[C@H]4CC[C@]3(O)[C@H](O)CO)C2)[C@H](O)[C@H](O)[C@@H]1O. The minimum Gasteiger partial charge on any atom is -0.467 e. The molecular formula is C28H44O11. The molecule has 0 spiro atoms. The Bertz CT molecular complexity index is 960. The Morgan fingerprint density at radius 2 is 1.79 bits per heavy atom.